The number of halogens is 1. The molecular weight excluding hydrogens is 264 g/mol. The van der Waals surface area contributed by atoms with Crippen molar-refractivity contribution in [3.63, 3.8) is 0 Å². The number of rotatable bonds is 4. The largest absolute Gasteiger partial charge is 0.374 e. The van der Waals surface area contributed by atoms with Crippen LogP contribution >= 0.6 is 11.6 Å². The molecule has 0 radical (unpaired) electrons. The lowest BCUT2D eigenvalue weighted by atomic mass is 10.0. The van der Waals surface area contributed by atoms with Crippen molar-refractivity contribution in [1.82, 2.24) is 14.7 Å². The molecule has 0 aromatic carbocycles. The molecule has 19 heavy (non-hydrogen) atoms. The predicted molar refractivity (Wildman–Crippen MR) is 76.5 cm³/mol. The van der Waals surface area contributed by atoms with E-state index in [0.29, 0.717) is 6.42 Å². The van der Waals surface area contributed by atoms with Crippen LogP contribution in [0.15, 0.2) is 0 Å². The first-order valence-electron chi connectivity index (χ1n) is 6.78. The van der Waals surface area contributed by atoms with Crippen LogP contribution in [0.2, 0.25) is 5.02 Å². The van der Waals surface area contributed by atoms with Crippen molar-refractivity contribution in [2.75, 3.05) is 26.7 Å². The van der Waals surface area contributed by atoms with Crippen LogP contribution in [0.25, 0.3) is 0 Å². The number of likely N-dealkylation sites (N-methyl/N-ethyl adjacent to an activating group) is 1. The normalized spacial score (nSPS) is 22.7. The van der Waals surface area contributed by atoms with Crippen LogP contribution in [0.5, 0.6) is 0 Å². The van der Waals surface area contributed by atoms with Gasteiger partial charge in [0.1, 0.15) is 0 Å². The van der Waals surface area contributed by atoms with E-state index in [1.54, 1.807) is 0 Å². The van der Waals surface area contributed by atoms with Crippen LogP contribution in [0.3, 0.4) is 0 Å². The lowest BCUT2D eigenvalue weighted by Crippen LogP contribution is -2.50. The topological polar surface area (TPSA) is 56.3 Å². The van der Waals surface area contributed by atoms with Crippen molar-refractivity contribution >= 4 is 11.6 Å². The van der Waals surface area contributed by atoms with Gasteiger partial charge in [-0.25, -0.2) is 0 Å². The fraction of sp³-hybridized carbons (Fsp3) is 0.769. The van der Waals surface area contributed by atoms with Gasteiger partial charge in [0.2, 0.25) is 0 Å². The summed E-state index contributed by atoms with van der Waals surface area (Å²) in [6.07, 6.45) is 1.60. The molecule has 1 aliphatic heterocycles. The smallest absolute Gasteiger partial charge is 0.0856 e. The maximum absolute atomic E-state index is 6.35. The second-order valence-electron chi connectivity index (χ2n) is 5.22. The zero-order chi connectivity index (χ0) is 14.0. The highest BCUT2D eigenvalue weighted by Gasteiger charge is 2.26. The van der Waals surface area contributed by atoms with Gasteiger partial charge in [0.15, 0.2) is 0 Å². The van der Waals surface area contributed by atoms with Crippen LogP contribution in [0, 0.1) is 0 Å². The fourth-order valence-corrected chi connectivity index (χ4v) is 2.84. The monoisotopic (exact) mass is 286 g/mol. The maximum atomic E-state index is 6.35. The Balaban J connectivity index is 2.06. The first-order chi connectivity index (χ1) is 9.02. The summed E-state index contributed by atoms with van der Waals surface area (Å²) in [5.41, 5.74) is 8.22. The Hall–Kier alpha value is -0.620. The third kappa shape index (κ3) is 3.28. The average Bonchev–Trinajstić information content (AvgIpc) is 2.66. The fourth-order valence-electron chi connectivity index (χ4n) is 2.47. The van der Waals surface area contributed by atoms with Crippen molar-refractivity contribution in [1.29, 1.82) is 0 Å². The summed E-state index contributed by atoms with van der Waals surface area (Å²) in [5.74, 6) is 0. The molecule has 108 valence electrons. The van der Waals surface area contributed by atoms with E-state index in [0.717, 1.165) is 42.5 Å². The van der Waals surface area contributed by atoms with Crippen molar-refractivity contribution < 1.29 is 4.74 Å². The van der Waals surface area contributed by atoms with E-state index in [1.807, 2.05) is 11.7 Å². The second kappa shape index (κ2) is 6.22. The molecule has 2 heterocycles. The van der Waals surface area contributed by atoms with Crippen molar-refractivity contribution in [3.05, 3.63) is 16.4 Å². The third-order valence-electron chi connectivity index (χ3n) is 3.71. The lowest BCUT2D eigenvalue weighted by molar-refractivity contribution is -0.0321. The minimum Gasteiger partial charge on any atom is -0.374 e. The molecule has 2 N–H and O–H groups in total. The lowest BCUT2D eigenvalue weighted by Gasteiger charge is -2.33. The standard InChI is InChI=1S/C13H23ClN4O/c1-4-10-13(14)11(18(3)16-10)7-9(15)12-8-17(2)5-6-19-12/h9,12H,4-8,15H2,1-3H3. The minimum atomic E-state index is -0.0552. The highest BCUT2D eigenvalue weighted by Crippen LogP contribution is 2.23. The summed E-state index contributed by atoms with van der Waals surface area (Å²) in [4.78, 5) is 2.25. The zero-order valence-electron chi connectivity index (χ0n) is 11.9. The average molecular weight is 287 g/mol. The number of nitrogens with zero attached hydrogens (tertiary/aromatic N) is 3. The third-order valence-corrected chi connectivity index (χ3v) is 4.14. The molecule has 1 aromatic heterocycles. The summed E-state index contributed by atoms with van der Waals surface area (Å²) < 4.78 is 7.60. The van der Waals surface area contributed by atoms with Crippen molar-refractivity contribution in [3.8, 4) is 0 Å². The van der Waals surface area contributed by atoms with Gasteiger partial charge in [-0.05, 0) is 13.5 Å². The molecule has 2 rings (SSSR count). The van der Waals surface area contributed by atoms with E-state index in [1.165, 1.54) is 0 Å². The minimum absolute atomic E-state index is 0.0552. The highest BCUT2D eigenvalue weighted by molar-refractivity contribution is 6.31. The summed E-state index contributed by atoms with van der Waals surface area (Å²) in [7, 11) is 4.01. The van der Waals surface area contributed by atoms with E-state index >= 15 is 0 Å². The van der Waals surface area contributed by atoms with Crippen LogP contribution in [0.4, 0.5) is 0 Å². The summed E-state index contributed by atoms with van der Waals surface area (Å²) >= 11 is 6.35. The molecular formula is C13H23ClN4O. The molecule has 2 unspecified atom stereocenters. The Morgan fingerprint density at radius 1 is 1.53 bits per heavy atom. The van der Waals surface area contributed by atoms with Gasteiger partial charge >= 0.3 is 0 Å². The van der Waals surface area contributed by atoms with E-state index in [9.17, 15) is 0 Å². The van der Waals surface area contributed by atoms with Crippen LogP contribution in [-0.4, -0.2) is 53.6 Å². The van der Waals surface area contributed by atoms with Gasteiger partial charge in [-0.15, -0.1) is 0 Å². The molecule has 1 aliphatic rings. The summed E-state index contributed by atoms with van der Waals surface area (Å²) in [5, 5.41) is 5.17. The number of morpholine rings is 1. The molecule has 1 saturated heterocycles. The number of hydrogen-bond donors (Lipinski definition) is 1. The summed E-state index contributed by atoms with van der Waals surface area (Å²) in [6, 6.07) is -0.0552. The van der Waals surface area contributed by atoms with Gasteiger partial charge in [0.25, 0.3) is 0 Å². The van der Waals surface area contributed by atoms with Crippen molar-refractivity contribution in [2.24, 2.45) is 12.8 Å². The second-order valence-corrected chi connectivity index (χ2v) is 5.60. The SMILES string of the molecule is CCc1nn(C)c(CC(N)C2CN(C)CCO2)c1Cl. The molecule has 0 aliphatic carbocycles. The van der Waals surface area contributed by atoms with Gasteiger partial charge < -0.3 is 15.4 Å². The van der Waals surface area contributed by atoms with E-state index < -0.39 is 0 Å². The molecule has 1 fully saturated rings. The van der Waals surface area contributed by atoms with E-state index in [-0.39, 0.29) is 12.1 Å². The van der Waals surface area contributed by atoms with Gasteiger partial charge in [0.05, 0.1) is 29.1 Å². The number of aryl methyl sites for hydroxylation is 2. The van der Waals surface area contributed by atoms with Gasteiger partial charge in [-0.3, -0.25) is 4.68 Å². The molecule has 0 amide bonds. The van der Waals surface area contributed by atoms with Gasteiger partial charge in [-0.2, -0.15) is 5.10 Å². The van der Waals surface area contributed by atoms with E-state index in [2.05, 4.69) is 24.0 Å². The Morgan fingerprint density at radius 3 is 2.84 bits per heavy atom. The molecule has 2 atom stereocenters. The zero-order valence-corrected chi connectivity index (χ0v) is 12.7. The highest BCUT2D eigenvalue weighted by atomic mass is 35.5. The molecule has 0 spiro atoms. The van der Waals surface area contributed by atoms with E-state index in [4.69, 9.17) is 22.1 Å². The Morgan fingerprint density at radius 2 is 2.26 bits per heavy atom. The first-order valence-corrected chi connectivity index (χ1v) is 7.16. The Bertz CT molecular complexity index is 435. The van der Waals surface area contributed by atoms with Gasteiger partial charge in [0, 0.05) is 32.6 Å². The Kier molecular flexibility index (Phi) is 4.84. The Labute approximate surface area is 119 Å². The quantitative estimate of drug-likeness (QED) is 0.891. The van der Waals surface area contributed by atoms with Crippen LogP contribution < -0.4 is 5.73 Å². The number of aromatic nitrogens is 2. The van der Waals surface area contributed by atoms with Gasteiger partial charge in [-0.1, -0.05) is 18.5 Å². The molecule has 5 nitrogen and oxygen atoms in total. The van der Waals surface area contributed by atoms with Crippen molar-refractivity contribution in [2.45, 2.75) is 31.9 Å². The molecule has 6 heteroatoms. The maximum Gasteiger partial charge on any atom is 0.0856 e. The number of hydrogen-bond acceptors (Lipinski definition) is 4. The van der Waals surface area contributed by atoms with Crippen LogP contribution in [-0.2, 0) is 24.6 Å². The summed E-state index contributed by atoms with van der Waals surface area (Å²) in [6.45, 7) is 4.64. The first kappa shape index (κ1) is 14.8. The predicted octanol–water partition coefficient (Wildman–Crippen LogP) is 0.836. The number of ether oxygens (including phenoxy) is 1. The number of nitrogens with two attached hydrogens (primary N) is 1. The molecule has 0 bridgehead atoms. The molecule has 1 aromatic rings. The van der Waals surface area contributed by atoms with Crippen LogP contribution in [0.1, 0.15) is 18.3 Å². The molecule has 0 saturated carbocycles.